The van der Waals surface area contributed by atoms with Crippen LogP contribution in [0.25, 0.3) is 0 Å². The Kier molecular flexibility index (Phi) is 12.4. The van der Waals surface area contributed by atoms with E-state index in [9.17, 15) is 5.11 Å². The minimum Gasteiger partial charge on any atom is -0.497 e. The molecular formula is C31H52O4Si. The van der Waals surface area contributed by atoms with Gasteiger partial charge in [0.1, 0.15) is 5.75 Å². The van der Waals surface area contributed by atoms with Crippen molar-refractivity contribution in [3.05, 3.63) is 53.1 Å². The number of rotatable bonds is 13. The number of hydrogen-bond acceptors (Lipinski definition) is 4. The first-order valence-electron chi connectivity index (χ1n) is 13.8. The van der Waals surface area contributed by atoms with E-state index in [-0.39, 0.29) is 11.1 Å². The van der Waals surface area contributed by atoms with Crippen LogP contribution in [0.2, 0.25) is 18.1 Å². The van der Waals surface area contributed by atoms with Crippen LogP contribution in [0.15, 0.2) is 47.6 Å². The zero-order chi connectivity index (χ0) is 26.8. The first kappa shape index (κ1) is 30.8. The molecule has 1 aliphatic rings. The van der Waals surface area contributed by atoms with Gasteiger partial charge in [0.2, 0.25) is 0 Å². The molecule has 0 spiro atoms. The van der Waals surface area contributed by atoms with Crippen LogP contribution < -0.4 is 4.74 Å². The molecule has 1 saturated carbocycles. The number of benzene rings is 1. The topological polar surface area (TPSA) is 47.9 Å². The van der Waals surface area contributed by atoms with Crippen molar-refractivity contribution < 1.29 is 19.0 Å². The van der Waals surface area contributed by atoms with Crippen LogP contribution in [0.3, 0.4) is 0 Å². The molecule has 0 bridgehead atoms. The lowest BCUT2D eigenvalue weighted by molar-refractivity contribution is 0.0951. The van der Waals surface area contributed by atoms with Crippen LogP contribution in [0.5, 0.6) is 5.75 Å². The Morgan fingerprint density at radius 2 is 1.78 bits per heavy atom. The summed E-state index contributed by atoms with van der Waals surface area (Å²) >= 11 is 0. The molecule has 0 saturated heterocycles. The van der Waals surface area contributed by atoms with E-state index >= 15 is 0 Å². The van der Waals surface area contributed by atoms with Gasteiger partial charge in [0.25, 0.3) is 0 Å². The van der Waals surface area contributed by atoms with E-state index in [1.54, 1.807) is 7.11 Å². The molecule has 0 amide bonds. The van der Waals surface area contributed by atoms with E-state index in [4.69, 9.17) is 13.9 Å². The normalized spacial score (nSPS) is 20.9. The largest absolute Gasteiger partial charge is 0.497 e. The van der Waals surface area contributed by atoms with Gasteiger partial charge in [0.05, 0.1) is 32.5 Å². The van der Waals surface area contributed by atoms with Crippen molar-refractivity contribution in [3.63, 3.8) is 0 Å². The van der Waals surface area contributed by atoms with Gasteiger partial charge in [-0.3, -0.25) is 0 Å². The number of hydrogen-bond donors (Lipinski definition) is 1. The summed E-state index contributed by atoms with van der Waals surface area (Å²) in [6.45, 7) is 17.2. The predicted octanol–water partition coefficient (Wildman–Crippen LogP) is 8.22. The van der Waals surface area contributed by atoms with Crippen LogP contribution in [-0.2, 0) is 15.8 Å². The van der Waals surface area contributed by atoms with Gasteiger partial charge in [0, 0.05) is 5.92 Å². The van der Waals surface area contributed by atoms with E-state index in [1.165, 1.54) is 30.4 Å². The third-order valence-electron chi connectivity index (χ3n) is 8.04. The highest BCUT2D eigenvalue weighted by Gasteiger charge is 2.41. The lowest BCUT2D eigenvalue weighted by Gasteiger charge is -2.43. The van der Waals surface area contributed by atoms with Gasteiger partial charge in [0.15, 0.2) is 8.32 Å². The number of aliphatic hydroxyl groups excluding tert-OH is 1. The Bertz CT molecular complexity index is 835. The highest BCUT2D eigenvalue weighted by molar-refractivity contribution is 6.74. The quantitative estimate of drug-likeness (QED) is 0.163. The van der Waals surface area contributed by atoms with Crippen molar-refractivity contribution in [1.29, 1.82) is 0 Å². The Hall–Kier alpha value is -1.40. The fourth-order valence-electron chi connectivity index (χ4n) is 4.62. The van der Waals surface area contributed by atoms with Crippen molar-refractivity contribution in [2.24, 2.45) is 5.92 Å². The highest BCUT2D eigenvalue weighted by Crippen LogP contribution is 2.41. The lowest BCUT2D eigenvalue weighted by Crippen LogP contribution is -2.46. The smallest absolute Gasteiger partial charge is 0.192 e. The zero-order valence-corrected chi connectivity index (χ0v) is 25.2. The molecule has 3 atom stereocenters. The predicted molar refractivity (Wildman–Crippen MR) is 154 cm³/mol. The number of allylic oxidation sites excluding steroid dienone is 1. The second kappa shape index (κ2) is 14.5. The first-order chi connectivity index (χ1) is 16.9. The van der Waals surface area contributed by atoms with E-state index in [1.807, 2.05) is 24.3 Å². The average molecular weight is 517 g/mol. The van der Waals surface area contributed by atoms with Crippen LogP contribution in [0.4, 0.5) is 0 Å². The summed E-state index contributed by atoms with van der Waals surface area (Å²) in [5.74, 6) is 1.30. The molecular weight excluding hydrogens is 464 g/mol. The molecule has 1 fully saturated rings. The van der Waals surface area contributed by atoms with E-state index < -0.39 is 8.32 Å². The van der Waals surface area contributed by atoms with E-state index in [0.29, 0.717) is 25.2 Å². The molecule has 5 heteroatoms. The van der Waals surface area contributed by atoms with Gasteiger partial charge in [-0.1, -0.05) is 69.0 Å². The van der Waals surface area contributed by atoms with Crippen molar-refractivity contribution in [2.45, 2.75) is 117 Å². The fraction of sp³-hybridized carbons (Fsp3) is 0.677. The molecule has 1 unspecified atom stereocenters. The SMILES string of the molecule is COc1ccc(COC/C=C(/C)CCCC(O)/C=C(\C)[C@H]2CCCC[C@@H]2O[Si](C)(C)C(C)(C)C)cc1. The van der Waals surface area contributed by atoms with Crippen LogP contribution in [0, 0.1) is 5.92 Å². The standard InChI is InChI=1S/C31H52O4Si/c1-24(20-21-34-23-26-16-18-28(33-6)19-17-26)12-11-13-27(32)22-25(2)29-14-9-10-15-30(29)35-36(7,8)31(3,4)5/h16-20,22,27,29-30,32H,9-15,21,23H2,1-8H3/b24-20-,25-22+/t27?,29-,30+/m1/s1. The Balaban J connectivity index is 1.76. The lowest BCUT2D eigenvalue weighted by atomic mass is 9.81. The van der Waals surface area contributed by atoms with Crippen molar-refractivity contribution >= 4 is 8.32 Å². The van der Waals surface area contributed by atoms with Gasteiger partial charge >= 0.3 is 0 Å². The summed E-state index contributed by atoms with van der Waals surface area (Å²) in [6.07, 6.45) is 11.7. The van der Waals surface area contributed by atoms with Gasteiger partial charge in [-0.25, -0.2) is 0 Å². The van der Waals surface area contributed by atoms with Crippen molar-refractivity contribution in [2.75, 3.05) is 13.7 Å². The molecule has 0 radical (unpaired) electrons. The number of ether oxygens (including phenoxy) is 2. The third-order valence-corrected chi connectivity index (χ3v) is 12.5. The number of aliphatic hydroxyl groups is 1. The first-order valence-corrected chi connectivity index (χ1v) is 16.7. The average Bonchev–Trinajstić information content (AvgIpc) is 2.81. The molecule has 1 aromatic carbocycles. The Morgan fingerprint density at radius 3 is 2.42 bits per heavy atom. The maximum atomic E-state index is 10.7. The minimum atomic E-state index is -1.80. The van der Waals surface area contributed by atoms with Crippen LogP contribution >= 0.6 is 0 Å². The molecule has 204 valence electrons. The van der Waals surface area contributed by atoms with E-state index in [0.717, 1.165) is 37.0 Å². The van der Waals surface area contributed by atoms with Crippen LogP contribution in [0.1, 0.15) is 85.1 Å². The van der Waals surface area contributed by atoms with Gasteiger partial charge < -0.3 is 19.0 Å². The molecule has 0 aromatic heterocycles. The summed E-state index contributed by atoms with van der Waals surface area (Å²) < 4.78 is 17.8. The molecule has 0 aliphatic heterocycles. The summed E-state index contributed by atoms with van der Waals surface area (Å²) in [5.41, 5.74) is 3.76. The van der Waals surface area contributed by atoms with Crippen molar-refractivity contribution in [1.82, 2.24) is 0 Å². The second-order valence-corrected chi connectivity index (χ2v) is 16.8. The molecule has 4 nitrogen and oxygen atoms in total. The molecule has 2 rings (SSSR count). The Labute approximate surface area is 222 Å². The Morgan fingerprint density at radius 1 is 1.11 bits per heavy atom. The summed E-state index contributed by atoms with van der Waals surface area (Å²) in [6, 6.07) is 7.97. The van der Waals surface area contributed by atoms with Gasteiger partial charge in [-0.05, 0) is 81.8 Å². The van der Waals surface area contributed by atoms with Gasteiger partial charge in [-0.2, -0.15) is 0 Å². The summed E-state index contributed by atoms with van der Waals surface area (Å²) in [5, 5.41) is 10.9. The van der Waals surface area contributed by atoms with Crippen molar-refractivity contribution in [3.8, 4) is 5.75 Å². The highest BCUT2D eigenvalue weighted by atomic mass is 28.4. The molecule has 1 aliphatic carbocycles. The van der Waals surface area contributed by atoms with Gasteiger partial charge in [-0.15, -0.1) is 0 Å². The maximum absolute atomic E-state index is 10.7. The zero-order valence-electron chi connectivity index (χ0n) is 24.2. The monoisotopic (exact) mass is 516 g/mol. The molecule has 1 aromatic rings. The molecule has 0 heterocycles. The maximum Gasteiger partial charge on any atom is 0.192 e. The molecule has 36 heavy (non-hydrogen) atoms. The molecule has 1 N–H and O–H groups in total. The second-order valence-electron chi connectivity index (χ2n) is 12.1. The summed E-state index contributed by atoms with van der Waals surface area (Å²) in [4.78, 5) is 0. The summed E-state index contributed by atoms with van der Waals surface area (Å²) in [7, 11) is -0.128. The number of methoxy groups -OCH3 is 1. The fourth-order valence-corrected chi connectivity index (χ4v) is 6.01. The minimum absolute atomic E-state index is 0.220. The third kappa shape index (κ3) is 10.2. The van der Waals surface area contributed by atoms with E-state index in [2.05, 4.69) is 59.9 Å². The van der Waals surface area contributed by atoms with Crippen LogP contribution in [-0.4, -0.2) is 39.3 Å².